The highest BCUT2D eigenvalue weighted by Gasteiger charge is 2.32. The SMILES string of the molecule is CC[C@H](C)c1ccccc1NC(=O)[C@H](C)[NH+]1CCC(C(N)=O)CC1. The Hall–Kier alpha value is -1.88. The number of anilines is 1. The van der Waals surface area contributed by atoms with Gasteiger partial charge in [0.05, 0.1) is 13.1 Å². The minimum atomic E-state index is -0.214. The van der Waals surface area contributed by atoms with Crippen LogP contribution >= 0.6 is 0 Å². The lowest BCUT2D eigenvalue weighted by Crippen LogP contribution is -3.17. The van der Waals surface area contributed by atoms with E-state index in [0.717, 1.165) is 38.0 Å². The third kappa shape index (κ3) is 4.35. The standard InChI is InChI=1S/C19H29N3O2/c1-4-13(2)16-7-5-6-8-17(16)21-19(24)14(3)22-11-9-15(10-12-22)18(20)23/h5-8,13-15H,4,9-12H2,1-3H3,(H2,20,23)(H,21,24)/p+1/t13-,14-/m0/s1. The molecule has 1 heterocycles. The molecule has 5 heteroatoms. The second-order valence-corrected chi connectivity index (χ2v) is 6.94. The van der Waals surface area contributed by atoms with Crippen molar-refractivity contribution in [2.45, 2.75) is 52.0 Å². The van der Waals surface area contributed by atoms with Gasteiger partial charge in [0.15, 0.2) is 6.04 Å². The van der Waals surface area contributed by atoms with E-state index in [9.17, 15) is 9.59 Å². The Kier molecular flexibility index (Phi) is 6.37. The molecule has 1 aliphatic heterocycles. The molecule has 1 aliphatic rings. The monoisotopic (exact) mass is 332 g/mol. The smallest absolute Gasteiger partial charge is 0.282 e. The Balaban J connectivity index is 1.99. The normalized spacial score (nSPS) is 23.3. The van der Waals surface area contributed by atoms with Gasteiger partial charge in [-0.15, -0.1) is 0 Å². The van der Waals surface area contributed by atoms with Gasteiger partial charge in [-0.25, -0.2) is 0 Å². The Morgan fingerprint density at radius 3 is 2.46 bits per heavy atom. The van der Waals surface area contributed by atoms with Gasteiger partial charge in [-0.3, -0.25) is 9.59 Å². The van der Waals surface area contributed by atoms with Crippen LogP contribution in [0.5, 0.6) is 0 Å². The molecule has 2 amide bonds. The molecule has 0 aromatic heterocycles. The summed E-state index contributed by atoms with van der Waals surface area (Å²) in [7, 11) is 0. The molecule has 1 saturated heterocycles. The highest BCUT2D eigenvalue weighted by Crippen LogP contribution is 2.26. The van der Waals surface area contributed by atoms with Crippen molar-refractivity contribution in [3.8, 4) is 0 Å². The van der Waals surface area contributed by atoms with E-state index in [0.29, 0.717) is 5.92 Å². The minimum Gasteiger partial charge on any atom is -0.369 e. The van der Waals surface area contributed by atoms with Gasteiger partial charge < -0.3 is 16.0 Å². The second kappa shape index (κ2) is 8.29. The van der Waals surface area contributed by atoms with Gasteiger partial charge >= 0.3 is 0 Å². The topological polar surface area (TPSA) is 76.6 Å². The Labute approximate surface area is 144 Å². The molecular weight excluding hydrogens is 302 g/mol. The quantitative estimate of drug-likeness (QED) is 0.734. The number of hydrogen-bond acceptors (Lipinski definition) is 2. The fourth-order valence-corrected chi connectivity index (χ4v) is 3.39. The van der Waals surface area contributed by atoms with E-state index in [4.69, 9.17) is 5.73 Å². The van der Waals surface area contributed by atoms with Gasteiger partial charge in [-0.1, -0.05) is 32.0 Å². The molecule has 0 aliphatic carbocycles. The molecule has 2 atom stereocenters. The van der Waals surface area contributed by atoms with Gasteiger partial charge in [-0.2, -0.15) is 0 Å². The first kappa shape index (κ1) is 18.5. The zero-order valence-corrected chi connectivity index (χ0v) is 15.0. The molecule has 0 radical (unpaired) electrons. The average Bonchev–Trinajstić information content (AvgIpc) is 2.60. The molecule has 5 nitrogen and oxygen atoms in total. The molecule has 0 unspecified atom stereocenters. The fourth-order valence-electron chi connectivity index (χ4n) is 3.39. The van der Waals surface area contributed by atoms with Crippen LogP contribution in [-0.2, 0) is 9.59 Å². The largest absolute Gasteiger partial charge is 0.369 e. The predicted molar refractivity (Wildman–Crippen MR) is 95.9 cm³/mol. The number of primary amides is 1. The number of nitrogens with one attached hydrogen (secondary N) is 2. The number of rotatable bonds is 6. The number of quaternary nitrogens is 1. The van der Waals surface area contributed by atoms with Crippen molar-refractivity contribution in [1.29, 1.82) is 0 Å². The first-order valence-electron chi connectivity index (χ1n) is 8.97. The van der Waals surface area contributed by atoms with E-state index in [-0.39, 0.29) is 23.8 Å². The number of hydrogen-bond donors (Lipinski definition) is 3. The molecule has 1 aromatic rings. The zero-order chi connectivity index (χ0) is 17.7. The number of piperidine rings is 1. The highest BCUT2D eigenvalue weighted by atomic mass is 16.2. The molecule has 0 bridgehead atoms. The van der Waals surface area contributed by atoms with Crippen LogP contribution in [0.3, 0.4) is 0 Å². The lowest BCUT2D eigenvalue weighted by molar-refractivity contribution is -0.919. The van der Waals surface area contributed by atoms with E-state index in [1.807, 2.05) is 25.1 Å². The number of nitrogens with two attached hydrogens (primary N) is 1. The molecule has 2 rings (SSSR count). The molecule has 132 valence electrons. The highest BCUT2D eigenvalue weighted by molar-refractivity contribution is 5.94. The van der Waals surface area contributed by atoms with Crippen molar-refractivity contribution < 1.29 is 14.5 Å². The van der Waals surface area contributed by atoms with Gasteiger partial charge in [0.25, 0.3) is 5.91 Å². The summed E-state index contributed by atoms with van der Waals surface area (Å²) in [5.41, 5.74) is 7.48. The van der Waals surface area contributed by atoms with Crippen LogP contribution in [0.2, 0.25) is 0 Å². The molecule has 0 spiro atoms. The van der Waals surface area contributed by atoms with Crippen LogP contribution in [0.1, 0.15) is 51.5 Å². The van der Waals surface area contributed by atoms with Crippen LogP contribution in [0.25, 0.3) is 0 Å². The van der Waals surface area contributed by atoms with Crippen LogP contribution in [0.4, 0.5) is 5.69 Å². The van der Waals surface area contributed by atoms with E-state index < -0.39 is 0 Å². The maximum Gasteiger partial charge on any atom is 0.282 e. The molecule has 24 heavy (non-hydrogen) atoms. The van der Waals surface area contributed by atoms with E-state index in [1.165, 1.54) is 10.5 Å². The number of para-hydroxylation sites is 1. The summed E-state index contributed by atoms with van der Waals surface area (Å²) in [5.74, 6) is 0.206. The summed E-state index contributed by atoms with van der Waals surface area (Å²) < 4.78 is 0. The van der Waals surface area contributed by atoms with Crippen molar-refractivity contribution >= 4 is 17.5 Å². The van der Waals surface area contributed by atoms with Crippen LogP contribution in [-0.4, -0.2) is 30.9 Å². The number of benzene rings is 1. The van der Waals surface area contributed by atoms with Gasteiger partial charge in [0.1, 0.15) is 0 Å². The maximum atomic E-state index is 12.7. The first-order chi connectivity index (χ1) is 11.4. The van der Waals surface area contributed by atoms with Crippen LogP contribution in [0.15, 0.2) is 24.3 Å². The maximum absolute atomic E-state index is 12.7. The van der Waals surface area contributed by atoms with Crippen molar-refractivity contribution in [3.63, 3.8) is 0 Å². The van der Waals surface area contributed by atoms with Crippen molar-refractivity contribution in [2.24, 2.45) is 11.7 Å². The third-order valence-corrected chi connectivity index (χ3v) is 5.40. The number of carbonyl (C=O) groups excluding carboxylic acids is 2. The van der Waals surface area contributed by atoms with Gasteiger partial charge in [0.2, 0.25) is 5.91 Å². The van der Waals surface area contributed by atoms with Crippen LogP contribution in [0, 0.1) is 5.92 Å². The number of carbonyl (C=O) groups is 2. The van der Waals surface area contributed by atoms with Gasteiger partial charge in [-0.05, 0) is 30.9 Å². The Morgan fingerprint density at radius 2 is 1.88 bits per heavy atom. The van der Waals surface area contributed by atoms with Crippen molar-refractivity contribution in [1.82, 2.24) is 0 Å². The summed E-state index contributed by atoms with van der Waals surface area (Å²) in [6.45, 7) is 7.92. The lowest BCUT2D eigenvalue weighted by Gasteiger charge is -2.31. The lowest BCUT2D eigenvalue weighted by atomic mass is 9.95. The fraction of sp³-hybridized carbons (Fsp3) is 0.579. The molecule has 0 saturated carbocycles. The molecule has 4 N–H and O–H groups in total. The minimum absolute atomic E-state index is 0.0323. The number of amides is 2. The molecule has 1 fully saturated rings. The van der Waals surface area contributed by atoms with E-state index in [1.54, 1.807) is 0 Å². The molecular formula is C19H30N3O2+. The van der Waals surface area contributed by atoms with E-state index >= 15 is 0 Å². The number of likely N-dealkylation sites (tertiary alicyclic amines) is 1. The summed E-state index contributed by atoms with van der Waals surface area (Å²) >= 11 is 0. The first-order valence-corrected chi connectivity index (χ1v) is 8.97. The van der Waals surface area contributed by atoms with E-state index in [2.05, 4.69) is 25.2 Å². The van der Waals surface area contributed by atoms with Crippen molar-refractivity contribution in [2.75, 3.05) is 18.4 Å². The third-order valence-electron chi connectivity index (χ3n) is 5.40. The summed E-state index contributed by atoms with van der Waals surface area (Å²) in [5, 5.41) is 3.11. The Morgan fingerprint density at radius 1 is 1.25 bits per heavy atom. The zero-order valence-electron chi connectivity index (χ0n) is 15.0. The van der Waals surface area contributed by atoms with Crippen molar-refractivity contribution in [3.05, 3.63) is 29.8 Å². The van der Waals surface area contributed by atoms with Crippen LogP contribution < -0.4 is 16.0 Å². The second-order valence-electron chi connectivity index (χ2n) is 6.94. The summed E-state index contributed by atoms with van der Waals surface area (Å²) in [6.07, 6.45) is 2.58. The summed E-state index contributed by atoms with van der Waals surface area (Å²) in [4.78, 5) is 25.2. The summed E-state index contributed by atoms with van der Waals surface area (Å²) in [6, 6.07) is 7.89. The van der Waals surface area contributed by atoms with Gasteiger partial charge in [0, 0.05) is 24.4 Å². The predicted octanol–water partition coefficient (Wildman–Crippen LogP) is 1.31. The Bertz CT molecular complexity index is 580. The average molecular weight is 332 g/mol. The molecule has 1 aromatic carbocycles.